The Morgan fingerprint density at radius 1 is 1.21 bits per heavy atom. The number of rotatable bonds is 5. The minimum atomic E-state index is -0.209. The summed E-state index contributed by atoms with van der Waals surface area (Å²) in [5.74, 6) is 1.68. The highest BCUT2D eigenvalue weighted by molar-refractivity contribution is 5.57. The van der Waals surface area contributed by atoms with Crippen LogP contribution in [0.25, 0.3) is 0 Å². The average Bonchev–Trinajstić information content (AvgIpc) is 2.72. The van der Waals surface area contributed by atoms with Crippen molar-refractivity contribution in [2.24, 2.45) is 0 Å². The molecule has 0 saturated heterocycles. The van der Waals surface area contributed by atoms with E-state index < -0.39 is 0 Å². The van der Waals surface area contributed by atoms with E-state index in [1.165, 1.54) is 0 Å². The Bertz CT molecular complexity index is 1060. The van der Waals surface area contributed by atoms with E-state index in [2.05, 4.69) is 11.9 Å². The molecule has 1 aliphatic rings. The molecule has 0 aliphatic carbocycles. The van der Waals surface area contributed by atoms with Crippen molar-refractivity contribution in [1.29, 1.82) is 5.41 Å². The van der Waals surface area contributed by atoms with E-state index in [1.54, 1.807) is 25.6 Å². The van der Waals surface area contributed by atoms with Gasteiger partial charge in [0.2, 0.25) is 5.88 Å². The molecule has 1 aliphatic heterocycles. The van der Waals surface area contributed by atoms with Gasteiger partial charge < -0.3 is 19.1 Å². The number of methoxy groups -OCH3 is 1. The lowest BCUT2D eigenvalue weighted by molar-refractivity contribution is 0.411. The second kappa shape index (κ2) is 7.38. The van der Waals surface area contributed by atoms with Gasteiger partial charge in [-0.2, -0.15) is 0 Å². The third-order valence-corrected chi connectivity index (χ3v) is 5.09. The van der Waals surface area contributed by atoms with Crippen molar-refractivity contribution in [2.45, 2.75) is 32.2 Å². The van der Waals surface area contributed by atoms with E-state index in [0.29, 0.717) is 17.1 Å². The molecule has 0 amide bonds. The Morgan fingerprint density at radius 3 is 2.71 bits per heavy atom. The van der Waals surface area contributed by atoms with Crippen molar-refractivity contribution in [3.8, 4) is 23.1 Å². The molecule has 6 nitrogen and oxygen atoms in total. The average molecular weight is 377 g/mol. The van der Waals surface area contributed by atoms with E-state index in [1.807, 2.05) is 34.9 Å². The Morgan fingerprint density at radius 2 is 2.00 bits per heavy atom. The van der Waals surface area contributed by atoms with E-state index in [-0.39, 0.29) is 11.7 Å². The number of ether oxygens (including phenoxy) is 2. The minimum Gasteiger partial charge on any atom is -0.508 e. The quantitative estimate of drug-likeness (QED) is 0.547. The van der Waals surface area contributed by atoms with Crippen LogP contribution in [0, 0.1) is 5.41 Å². The van der Waals surface area contributed by atoms with Crippen molar-refractivity contribution in [3.63, 3.8) is 0 Å². The first-order chi connectivity index (χ1) is 13.6. The SMILES string of the molecule is CCCCn1cnc2c(c1=N)C(c1ccc(OC)cc1)c1ccc(O)cc1O2. The zero-order valence-corrected chi connectivity index (χ0v) is 16.0. The predicted molar refractivity (Wildman–Crippen MR) is 105 cm³/mol. The Kier molecular flexibility index (Phi) is 4.77. The molecule has 3 aromatic rings. The predicted octanol–water partition coefficient (Wildman–Crippen LogP) is 4.16. The van der Waals surface area contributed by atoms with Crippen LogP contribution < -0.4 is 15.0 Å². The van der Waals surface area contributed by atoms with Crippen LogP contribution in [-0.4, -0.2) is 21.8 Å². The van der Waals surface area contributed by atoms with Crippen LogP contribution in [0.3, 0.4) is 0 Å². The van der Waals surface area contributed by atoms with Gasteiger partial charge in [0.1, 0.15) is 29.1 Å². The van der Waals surface area contributed by atoms with Crippen LogP contribution in [0.5, 0.6) is 23.1 Å². The summed E-state index contributed by atoms with van der Waals surface area (Å²) >= 11 is 0. The number of hydrogen-bond donors (Lipinski definition) is 2. The van der Waals surface area contributed by atoms with Gasteiger partial charge in [-0.1, -0.05) is 31.5 Å². The van der Waals surface area contributed by atoms with E-state index in [0.717, 1.165) is 41.8 Å². The van der Waals surface area contributed by atoms with Gasteiger partial charge in [0, 0.05) is 24.1 Å². The number of unbranched alkanes of at least 4 members (excludes halogenated alkanes) is 1. The summed E-state index contributed by atoms with van der Waals surface area (Å²) < 4.78 is 13.1. The molecule has 0 bridgehead atoms. The maximum absolute atomic E-state index is 9.90. The van der Waals surface area contributed by atoms with Gasteiger partial charge in [-0.15, -0.1) is 0 Å². The van der Waals surface area contributed by atoms with Gasteiger partial charge in [0.25, 0.3) is 0 Å². The molecule has 144 valence electrons. The summed E-state index contributed by atoms with van der Waals surface area (Å²) in [7, 11) is 1.64. The first-order valence-corrected chi connectivity index (χ1v) is 9.41. The number of benzene rings is 2. The zero-order valence-electron chi connectivity index (χ0n) is 16.0. The fourth-order valence-electron chi connectivity index (χ4n) is 3.60. The monoisotopic (exact) mass is 377 g/mol. The van der Waals surface area contributed by atoms with Crippen molar-refractivity contribution in [1.82, 2.24) is 9.55 Å². The van der Waals surface area contributed by atoms with Gasteiger partial charge in [0.05, 0.1) is 12.7 Å². The van der Waals surface area contributed by atoms with Gasteiger partial charge in [-0.25, -0.2) is 4.98 Å². The van der Waals surface area contributed by atoms with Crippen LogP contribution in [0.4, 0.5) is 0 Å². The van der Waals surface area contributed by atoms with Crippen molar-refractivity contribution in [3.05, 3.63) is 71.0 Å². The molecule has 2 aromatic carbocycles. The van der Waals surface area contributed by atoms with Crippen molar-refractivity contribution in [2.75, 3.05) is 7.11 Å². The summed E-state index contributed by atoms with van der Waals surface area (Å²) in [5.41, 5.74) is 3.06. The Hall–Kier alpha value is -3.28. The van der Waals surface area contributed by atoms with Crippen LogP contribution in [0.1, 0.15) is 42.4 Å². The molecule has 2 N–H and O–H groups in total. The second-order valence-electron chi connectivity index (χ2n) is 6.89. The van der Waals surface area contributed by atoms with Crippen LogP contribution >= 0.6 is 0 Å². The second-order valence-corrected chi connectivity index (χ2v) is 6.89. The molecule has 0 fully saturated rings. The number of aromatic nitrogens is 2. The maximum atomic E-state index is 9.90. The minimum absolute atomic E-state index is 0.135. The molecule has 28 heavy (non-hydrogen) atoms. The lowest BCUT2D eigenvalue weighted by Crippen LogP contribution is -2.29. The molecule has 1 atom stereocenters. The summed E-state index contributed by atoms with van der Waals surface area (Å²) in [4.78, 5) is 4.49. The van der Waals surface area contributed by atoms with Gasteiger partial charge in [-0.3, -0.25) is 5.41 Å². The largest absolute Gasteiger partial charge is 0.508 e. The number of phenolic OH excluding ortho intramolecular Hbond substituents is 1. The third kappa shape index (κ3) is 3.11. The smallest absolute Gasteiger partial charge is 0.228 e. The number of nitrogens with one attached hydrogen (secondary N) is 1. The Balaban J connectivity index is 1.91. The van der Waals surface area contributed by atoms with E-state index in [9.17, 15) is 5.11 Å². The zero-order chi connectivity index (χ0) is 19.7. The molecule has 0 spiro atoms. The molecule has 0 radical (unpaired) electrons. The number of aromatic hydroxyl groups is 1. The van der Waals surface area contributed by atoms with Crippen molar-refractivity contribution < 1.29 is 14.6 Å². The van der Waals surface area contributed by atoms with Gasteiger partial charge in [0.15, 0.2) is 0 Å². The number of hydrogen-bond acceptors (Lipinski definition) is 5. The highest BCUT2D eigenvalue weighted by atomic mass is 16.5. The molecule has 2 heterocycles. The van der Waals surface area contributed by atoms with Gasteiger partial charge >= 0.3 is 0 Å². The van der Waals surface area contributed by atoms with Crippen LogP contribution in [0.15, 0.2) is 48.8 Å². The van der Waals surface area contributed by atoms with Crippen molar-refractivity contribution >= 4 is 0 Å². The van der Waals surface area contributed by atoms with Gasteiger partial charge in [-0.05, 0) is 30.2 Å². The topological polar surface area (TPSA) is 80.4 Å². The first-order valence-electron chi connectivity index (χ1n) is 9.41. The molecule has 0 saturated carbocycles. The Labute approximate surface area is 163 Å². The first kappa shape index (κ1) is 18.1. The molecule has 1 aromatic heterocycles. The lowest BCUT2D eigenvalue weighted by Gasteiger charge is -2.28. The normalized spacial score (nSPS) is 14.7. The van der Waals surface area contributed by atoms with Crippen LogP contribution in [0.2, 0.25) is 0 Å². The van der Waals surface area contributed by atoms with E-state index >= 15 is 0 Å². The molecule has 4 rings (SSSR count). The standard InChI is InChI=1S/C22H23N3O3/c1-3-4-11-25-13-24-22-20(21(25)23)19(14-5-8-16(27-2)9-6-14)17-10-7-15(26)12-18(17)28-22/h5-10,12-13,19,23,26H,3-4,11H2,1-2H3. The summed E-state index contributed by atoms with van der Waals surface area (Å²) in [5, 5.41) is 18.7. The fraction of sp³-hybridized carbons (Fsp3) is 0.273. The number of aryl methyl sites for hydroxylation is 1. The molecular weight excluding hydrogens is 354 g/mol. The molecule has 1 unspecified atom stereocenters. The summed E-state index contributed by atoms with van der Waals surface area (Å²) in [6.45, 7) is 2.87. The number of phenols is 1. The third-order valence-electron chi connectivity index (χ3n) is 5.09. The number of fused-ring (bicyclic) bond motifs is 2. The highest BCUT2D eigenvalue weighted by Gasteiger charge is 2.32. The molecule has 6 heteroatoms. The lowest BCUT2D eigenvalue weighted by atomic mass is 9.84. The number of nitrogens with zero attached hydrogens (tertiary/aromatic N) is 2. The highest BCUT2D eigenvalue weighted by Crippen LogP contribution is 2.46. The summed E-state index contributed by atoms with van der Waals surface area (Å²) in [6, 6.07) is 12.9. The fourth-order valence-corrected chi connectivity index (χ4v) is 3.60. The van der Waals surface area contributed by atoms with E-state index in [4.69, 9.17) is 14.9 Å². The maximum Gasteiger partial charge on any atom is 0.228 e. The summed E-state index contributed by atoms with van der Waals surface area (Å²) in [6.07, 6.45) is 3.69. The molecular formula is C22H23N3O3. The van der Waals surface area contributed by atoms with Crippen LogP contribution in [-0.2, 0) is 6.54 Å².